The zero-order valence-corrected chi connectivity index (χ0v) is 21.6. The standard InChI is InChI=1S/C8H20NO4.C8H20N.C4H12N.3H2O/c1-5(10)9(6(2)11,7(3)12)8(4)13;1-5-9(6-2,7-3)8-4;1-5(2,3)4;;;/h5-8,10-13H,1-4H3;5-8H2,1-4H3;1-4H3;3*1H2/q3*+1;;;/p-3. The van der Waals surface area contributed by atoms with Gasteiger partial charge >= 0.3 is 0 Å². The largest absolute Gasteiger partial charge is 0.870 e. The number of quaternary nitrogens is 3. The van der Waals surface area contributed by atoms with Crippen LogP contribution in [0.15, 0.2) is 0 Å². The van der Waals surface area contributed by atoms with Crippen molar-refractivity contribution in [2.45, 2.75) is 80.3 Å². The van der Waals surface area contributed by atoms with Crippen LogP contribution >= 0.6 is 0 Å². The number of aliphatic hydroxyl groups is 4. The minimum absolute atomic E-state index is 0. The van der Waals surface area contributed by atoms with Crippen molar-refractivity contribution in [3.8, 4) is 0 Å². The molecule has 30 heavy (non-hydrogen) atoms. The molecular weight excluding hydrogens is 394 g/mol. The molecule has 0 saturated carbocycles. The van der Waals surface area contributed by atoms with Gasteiger partial charge < -0.3 is 45.8 Å². The molecule has 0 saturated heterocycles. The van der Waals surface area contributed by atoms with Crippen molar-refractivity contribution in [1.29, 1.82) is 0 Å². The summed E-state index contributed by atoms with van der Waals surface area (Å²) in [6.07, 6.45) is -4.17. The Kier molecular flexibility index (Phi) is 28.0. The molecule has 4 atom stereocenters. The highest BCUT2D eigenvalue weighted by Gasteiger charge is 2.46. The molecular formula is C20H55N3O7. The van der Waals surface area contributed by atoms with E-state index in [1.54, 1.807) is 0 Å². The normalized spacial score (nSPS) is 16.8. The molecule has 0 heterocycles. The molecule has 0 aliphatic carbocycles. The van der Waals surface area contributed by atoms with E-state index in [4.69, 9.17) is 0 Å². The lowest BCUT2D eigenvalue weighted by Crippen LogP contribution is -2.68. The highest BCUT2D eigenvalue weighted by Crippen LogP contribution is 2.24. The quantitative estimate of drug-likeness (QED) is 0.314. The van der Waals surface area contributed by atoms with Crippen LogP contribution in [-0.4, -0.2) is 130 Å². The van der Waals surface area contributed by atoms with Crippen LogP contribution in [0.5, 0.6) is 0 Å². The molecule has 0 fully saturated rings. The van der Waals surface area contributed by atoms with Crippen molar-refractivity contribution in [1.82, 2.24) is 0 Å². The maximum absolute atomic E-state index is 9.47. The first kappa shape index (κ1) is 43.5. The molecule has 0 aromatic carbocycles. The second kappa shape index (κ2) is 19.3. The molecule has 0 aromatic heterocycles. The van der Waals surface area contributed by atoms with Gasteiger partial charge in [0.15, 0.2) is 24.9 Å². The molecule has 0 aromatic rings. The minimum atomic E-state index is -1.04. The lowest BCUT2D eigenvalue weighted by Gasteiger charge is -2.46. The summed E-state index contributed by atoms with van der Waals surface area (Å²) >= 11 is 0. The third-order valence-electron chi connectivity index (χ3n) is 5.27. The molecule has 0 radical (unpaired) electrons. The molecule has 0 bridgehead atoms. The van der Waals surface area contributed by atoms with Gasteiger partial charge in [-0.25, -0.2) is 4.48 Å². The van der Waals surface area contributed by atoms with Gasteiger partial charge in [0.25, 0.3) is 0 Å². The van der Waals surface area contributed by atoms with Crippen LogP contribution in [0.25, 0.3) is 0 Å². The Morgan fingerprint density at radius 3 is 0.633 bits per heavy atom. The predicted molar refractivity (Wildman–Crippen MR) is 119 cm³/mol. The summed E-state index contributed by atoms with van der Waals surface area (Å²) in [5.41, 5.74) is 0. The molecule has 0 spiro atoms. The highest BCUT2D eigenvalue weighted by molar-refractivity contribution is 4.47. The third kappa shape index (κ3) is 15.4. The molecule has 0 aliphatic heterocycles. The second-order valence-corrected chi connectivity index (χ2v) is 8.71. The van der Waals surface area contributed by atoms with Crippen molar-refractivity contribution < 1.29 is 50.3 Å². The van der Waals surface area contributed by atoms with E-state index >= 15 is 0 Å². The molecule has 10 heteroatoms. The van der Waals surface area contributed by atoms with Crippen LogP contribution in [0.1, 0.15) is 55.4 Å². The maximum atomic E-state index is 9.47. The Balaban J connectivity index is -0.0000000748. The van der Waals surface area contributed by atoms with Gasteiger partial charge in [0.1, 0.15) is 0 Å². The fourth-order valence-electron chi connectivity index (χ4n) is 3.21. The fourth-order valence-corrected chi connectivity index (χ4v) is 3.21. The van der Waals surface area contributed by atoms with Gasteiger partial charge in [0.2, 0.25) is 0 Å². The summed E-state index contributed by atoms with van der Waals surface area (Å²) < 4.78 is 1.72. The second-order valence-electron chi connectivity index (χ2n) is 8.71. The van der Waals surface area contributed by atoms with Crippen LogP contribution in [-0.2, 0) is 0 Å². The Labute approximate surface area is 185 Å². The number of nitrogens with zero attached hydrogens (tertiary/aromatic N) is 3. The first-order chi connectivity index (χ1) is 12.0. The van der Waals surface area contributed by atoms with Crippen LogP contribution < -0.4 is 0 Å². The van der Waals surface area contributed by atoms with Crippen molar-refractivity contribution in [2.75, 3.05) is 54.4 Å². The van der Waals surface area contributed by atoms with Gasteiger partial charge in [-0.15, -0.1) is 0 Å². The average molecular weight is 450 g/mol. The molecule has 0 aliphatic rings. The summed E-state index contributed by atoms with van der Waals surface area (Å²) in [6.45, 7) is 19.9. The average Bonchev–Trinajstić information content (AvgIpc) is 2.48. The molecule has 4 unspecified atom stereocenters. The molecule has 0 amide bonds. The first-order valence-corrected chi connectivity index (χ1v) is 10.3. The van der Waals surface area contributed by atoms with E-state index in [1.807, 2.05) is 0 Å². The van der Waals surface area contributed by atoms with Gasteiger partial charge in [-0.05, 0) is 27.7 Å². The number of hydrogen-bond acceptors (Lipinski definition) is 7. The van der Waals surface area contributed by atoms with E-state index in [1.165, 1.54) is 58.4 Å². The first-order valence-electron chi connectivity index (χ1n) is 10.3. The number of hydrogen-bond donors (Lipinski definition) is 4. The van der Waals surface area contributed by atoms with Crippen LogP contribution in [0, 0.1) is 0 Å². The minimum Gasteiger partial charge on any atom is -0.870 e. The summed E-state index contributed by atoms with van der Waals surface area (Å²) in [7, 11) is 8.50. The van der Waals surface area contributed by atoms with Gasteiger partial charge in [-0.1, -0.05) is 0 Å². The molecule has 192 valence electrons. The zero-order chi connectivity index (χ0) is 22.6. The van der Waals surface area contributed by atoms with Crippen LogP contribution in [0.2, 0.25) is 0 Å². The molecule has 10 nitrogen and oxygen atoms in total. The van der Waals surface area contributed by atoms with E-state index in [9.17, 15) is 20.4 Å². The van der Waals surface area contributed by atoms with E-state index in [0.717, 1.165) is 4.48 Å². The van der Waals surface area contributed by atoms with E-state index < -0.39 is 29.4 Å². The molecule has 0 rings (SSSR count). The van der Waals surface area contributed by atoms with Gasteiger partial charge in [-0.2, -0.15) is 0 Å². The van der Waals surface area contributed by atoms with E-state index in [2.05, 4.69) is 55.9 Å². The zero-order valence-electron chi connectivity index (χ0n) is 21.6. The van der Waals surface area contributed by atoms with Crippen molar-refractivity contribution >= 4 is 0 Å². The van der Waals surface area contributed by atoms with Crippen molar-refractivity contribution in [3.05, 3.63) is 0 Å². The number of aliphatic hydroxyl groups excluding tert-OH is 4. The summed E-state index contributed by atoms with van der Waals surface area (Å²) in [5, 5.41) is 37.9. The lowest BCUT2D eigenvalue weighted by atomic mass is 10.2. The van der Waals surface area contributed by atoms with Crippen molar-refractivity contribution in [2.24, 2.45) is 0 Å². The van der Waals surface area contributed by atoms with Gasteiger partial charge in [-0.3, -0.25) is 0 Å². The Bertz CT molecular complexity index is 296. The van der Waals surface area contributed by atoms with E-state index in [-0.39, 0.29) is 16.4 Å². The topological polar surface area (TPSA) is 171 Å². The Morgan fingerprint density at radius 2 is 0.633 bits per heavy atom. The fraction of sp³-hybridized carbons (Fsp3) is 1.00. The monoisotopic (exact) mass is 449 g/mol. The summed E-state index contributed by atoms with van der Waals surface area (Å²) in [4.78, 5) is 0. The Morgan fingerprint density at radius 1 is 0.500 bits per heavy atom. The Hall–Kier alpha value is -0.400. The van der Waals surface area contributed by atoms with Gasteiger partial charge in [0.05, 0.1) is 54.4 Å². The predicted octanol–water partition coefficient (Wildman–Crippen LogP) is 0.831. The van der Waals surface area contributed by atoms with Crippen LogP contribution in [0.4, 0.5) is 0 Å². The number of rotatable bonds is 8. The molecule has 7 N–H and O–H groups in total. The van der Waals surface area contributed by atoms with E-state index in [0.29, 0.717) is 0 Å². The SMILES string of the molecule is CC(O)[N+](C(C)O)(C(C)O)C(C)O.CC[N+](CC)(CC)CC.C[N+](C)(C)C.[OH-].[OH-].[OH-]. The lowest BCUT2D eigenvalue weighted by molar-refractivity contribution is -1.07. The smallest absolute Gasteiger partial charge is 0.193 e. The highest BCUT2D eigenvalue weighted by atomic mass is 16.4. The summed E-state index contributed by atoms with van der Waals surface area (Å²) in [6, 6.07) is 0. The van der Waals surface area contributed by atoms with Gasteiger partial charge in [0, 0.05) is 27.7 Å². The van der Waals surface area contributed by atoms with Crippen molar-refractivity contribution in [3.63, 3.8) is 0 Å². The maximum Gasteiger partial charge on any atom is 0.193 e. The third-order valence-corrected chi connectivity index (χ3v) is 5.27. The van der Waals surface area contributed by atoms with Crippen LogP contribution in [0.3, 0.4) is 0 Å². The summed E-state index contributed by atoms with van der Waals surface area (Å²) in [5.74, 6) is 0.